The summed E-state index contributed by atoms with van der Waals surface area (Å²) in [6, 6.07) is 14.2. The van der Waals surface area contributed by atoms with E-state index in [9.17, 15) is 8.42 Å². The molecule has 1 fully saturated rings. The van der Waals surface area contributed by atoms with Crippen LogP contribution >= 0.6 is 11.6 Å². The standard InChI is InChI=1S/C18H21ClN2O3S/c1-2-24-18-6-4-3-5-17(18)20-11-13-21(14-12-20)25(22,23)16-9-7-15(19)8-10-16/h3-10H,2,11-14H2,1H3. The summed E-state index contributed by atoms with van der Waals surface area (Å²) in [6.07, 6.45) is 0. The highest BCUT2D eigenvalue weighted by Crippen LogP contribution is 2.29. The minimum Gasteiger partial charge on any atom is -0.492 e. The van der Waals surface area contributed by atoms with Crippen LogP contribution in [0.5, 0.6) is 5.75 Å². The third-order valence-electron chi connectivity index (χ3n) is 4.20. The van der Waals surface area contributed by atoms with E-state index < -0.39 is 10.0 Å². The minimum absolute atomic E-state index is 0.278. The van der Waals surface area contributed by atoms with Gasteiger partial charge in [-0.05, 0) is 43.3 Å². The summed E-state index contributed by atoms with van der Waals surface area (Å²) in [7, 11) is -3.49. The Morgan fingerprint density at radius 2 is 1.64 bits per heavy atom. The number of para-hydroxylation sites is 2. The molecule has 1 aliphatic heterocycles. The van der Waals surface area contributed by atoms with Crippen molar-refractivity contribution in [3.8, 4) is 5.75 Å². The number of rotatable bonds is 5. The van der Waals surface area contributed by atoms with E-state index in [1.54, 1.807) is 24.3 Å². The Morgan fingerprint density at radius 3 is 2.28 bits per heavy atom. The first-order valence-electron chi connectivity index (χ1n) is 8.25. The maximum Gasteiger partial charge on any atom is 0.243 e. The third-order valence-corrected chi connectivity index (χ3v) is 6.36. The molecular weight excluding hydrogens is 360 g/mol. The molecule has 7 heteroatoms. The van der Waals surface area contributed by atoms with Gasteiger partial charge in [0.1, 0.15) is 5.75 Å². The van der Waals surface area contributed by atoms with Gasteiger partial charge in [-0.25, -0.2) is 8.42 Å². The van der Waals surface area contributed by atoms with Gasteiger partial charge in [0.25, 0.3) is 0 Å². The van der Waals surface area contributed by atoms with Crippen molar-refractivity contribution in [2.24, 2.45) is 0 Å². The van der Waals surface area contributed by atoms with E-state index in [1.165, 1.54) is 4.31 Å². The van der Waals surface area contributed by atoms with E-state index >= 15 is 0 Å². The van der Waals surface area contributed by atoms with Crippen molar-refractivity contribution in [1.82, 2.24) is 4.31 Å². The lowest BCUT2D eigenvalue weighted by Gasteiger charge is -2.36. The number of hydrogen-bond donors (Lipinski definition) is 0. The zero-order valence-electron chi connectivity index (χ0n) is 14.1. The second-order valence-electron chi connectivity index (χ2n) is 5.75. The van der Waals surface area contributed by atoms with Crippen LogP contribution in [0.1, 0.15) is 6.92 Å². The Labute approximate surface area is 153 Å². The summed E-state index contributed by atoms with van der Waals surface area (Å²) in [6.45, 7) is 4.67. The van der Waals surface area contributed by atoms with Crippen LogP contribution in [0.2, 0.25) is 5.02 Å². The fourth-order valence-corrected chi connectivity index (χ4v) is 4.47. The first kappa shape index (κ1) is 18.0. The fourth-order valence-electron chi connectivity index (χ4n) is 2.92. The van der Waals surface area contributed by atoms with E-state index in [0.29, 0.717) is 37.8 Å². The van der Waals surface area contributed by atoms with Crippen LogP contribution in [0.3, 0.4) is 0 Å². The second-order valence-corrected chi connectivity index (χ2v) is 8.12. The molecule has 0 amide bonds. The van der Waals surface area contributed by atoms with Gasteiger partial charge in [-0.15, -0.1) is 0 Å². The van der Waals surface area contributed by atoms with Crippen molar-refractivity contribution in [1.29, 1.82) is 0 Å². The Kier molecular flexibility index (Phi) is 5.51. The Morgan fingerprint density at radius 1 is 1.00 bits per heavy atom. The number of piperazine rings is 1. The van der Waals surface area contributed by atoms with E-state index in [1.807, 2.05) is 31.2 Å². The lowest BCUT2D eigenvalue weighted by atomic mass is 10.2. The molecule has 1 aliphatic rings. The lowest BCUT2D eigenvalue weighted by molar-refractivity contribution is 0.337. The van der Waals surface area contributed by atoms with Gasteiger partial charge in [0.15, 0.2) is 0 Å². The highest BCUT2D eigenvalue weighted by Gasteiger charge is 2.29. The van der Waals surface area contributed by atoms with Crippen LogP contribution in [0.25, 0.3) is 0 Å². The maximum absolute atomic E-state index is 12.8. The molecule has 0 spiro atoms. The maximum atomic E-state index is 12.8. The summed E-state index contributed by atoms with van der Waals surface area (Å²) in [4.78, 5) is 2.44. The van der Waals surface area contributed by atoms with Gasteiger partial charge >= 0.3 is 0 Å². The van der Waals surface area contributed by atoms with Gasteiger partial charge in [0, 0.05) is 31.2 Å². The van der Waals surface area contributed by atoms with Gasteiger partial charge in [0.2, 0.25) is 10.0 Å². The highest BCUT2D eigenvalue weighted by atomic mass is 35.5. The average molecular weight is 381 g/mol. The number of sulfonamides is 1. The largest absolute Gasteiger partial charge is 0.492 e. The van der Waals surface area contributed by atoms with E-state index in [-0.39, 0.29) is 4.90 Å². The molecule has 0 aromatic heterocycles. The minimum atomic E-state index is -3.49. The number of benzene rings is 2. The molecule has 134 valence electrons. The predicted octanol–water partition coefficient (Wildman–Crippen LogP) is 3.25. The Bertz CT molecular complexity index is 816. The number of nitrogens with zero attached hydrogens (tertiary/aromatic N) is 2. The third kappa shape index (κ3) is 3.92. The Hall–Kier alpha value is -1.76. The van der Waals surface area contributed by atoms with Crippen LogP contribution < -0.4 is 9.64 Å². The van der Waals surface area contributed by atoms with Crippen LogP contribution in [-0.2, 0) is 10.0 Å². The average Bonchev–Trinajstić information content (AvgIpc) is 2.63. The van der Waals surface area contributed by atoms with Crippen molar-refractivity contribution in [3.05, 3.63) is 53.6 Å². The molecule has 0 atom stereocenters. The topological polar surface area (TPSA) is 49.9 Å². The number of halogens is 1. The molecule has 5 nitrogen and oxygen atoms in total. The first-order valence-corrected chi connectivity index (χ1v) is 10.1. The molecule has 0 N–H and O–H groups in total. The smallest absolute Gasteiger partial charge is 0.243 e. The van der Waals surface area contributed by atoms with Crippen molar-refractivity contribution in [2.75, 3.05) is 37.7 Å². The second kappa shape index (κ2) is 7.64. The quantitative estimate of drug-likeness (QED) is 0.799. The zero-order valence-corrected chi connectivity index (χ0v) is 15.6. The molecule has 0 bridgehead atoms. The fraction of sp³-hybridized carbons (Fsp3) is 0.333. The molecule has 0 radical (unpaired) electrons. The summed E-state index contributed by atoms with van der Waals surface area (Å²) in [5.41, 5.74) is 1.01. The van der Waals surface area contributed by atoms with Crippen molar-refractivity contribution < 1.29 is 13.2 Å². The summed E-state index contributed by atoms with van der Waals surface area (Å²) in [5.74, 6) is 0.832. The number of ether oxygens (including phenoxy) is 1. The predicted molar refractivity (Wildman–Crippen MR) is 100 cm³/mol. The van der Waals surface area contributed by atoms with Crippen molar-refractivity contribution >= 4 is 27.3 Å². The van der Waals surface area contributed by atoms with E-state index in [4.69, 9.17) is 16.3 Å². The normalized spacial score (nSPS) is 16.0. The molecule has 1 heterocycles. The van der Waals surface area contributed by atoms with Crippen LogP contribution in [0, 0.1) is 0 Å². The Balaban J connectivity index is 1.73. The molecular formula is C18H21ClN2O3S. The van der Waals surface area contributed by atoms with Gasteiger partial charge in [-0.1, -0.05) is 23.7 Å². The highest BCUT2D eigenvalue weighted by molar-refractivity contribution is 7.89. The van der Waals surface area contributed by atoms with Crippen LogP contribution in [-0.4, -0.2) is 45.5 Å². The molecule has 25 heavy (non-hydrogen) atoms. The van der Waals surface area contributed by atoms with E-state index in [2.05, 4.69) is 4.90 Å². The molecule has 0 unspecified atom stereocenters. The van der Waals surface area contributed by atoms with Crippen molar-refractivity contribution in [2.45, 2.75) is 11.8 Å². The van der Waals surface area contributed by atoms with Gasteiger partial charge in [0.05, 0.1) is 17.2 Å². The lowest BCUT2D eigenvalue weighted by Crippen LogP contribution is -2.48. The molecule has 3 rings (SSSR count). The summed E-state index contributed by atoms with van der Waals surface area (Å²) >= 11 is 5.85. The summed E-state index contributed by atoms with van der Waals surface area (Å²) < 4.78 is 32.7. The van der Waals surface area contributed by atoms with Gasteiger partial charge < -0.3 is 9.64 Å². The molecule has 1 saturated heterocycles. The molecule has 2 aromatic rings. The SMILES string of the molecule is CCOc1ccccc1N1CCN(S(=O)(=O)c2ccc(Cl)cc2)CC1. The first-order chi connectivity index (χ1) is 12.0. The van der Waals surface area contributed by atoms with Gasteiger partial charge in [-0.3, -0.25) is 0 Å². The van der Waals surface area contributed by atoms with Gasteiger partial charge in [-0.2, -0.15) is 4.31 Å². The van der Waals surface area contributed by atoms with Crippen LogP contribution in [0.4, 0.5) is 5.69 Å². The molecule has 0 aliphatic carbocycles. The monoisotopic (exact) mass is 380 g/mol. The van der Waals surface area contributed by atoms with Crippen LogP contribution in [0.15, 0.2) is 53.4 Å². The summed E-state index contributed by atoms with van der Waals surface area (Å²) in [5, 5.41) is 0.524. The number of anilines is 1. The zero-order chi connectivity index (χ0) is 17.9. The molecule has 2 aromatic carbocycles. The molecule has 0 saturated carbocycles. The van der Waals surface area contributed by atoms with E-state index in [0.717, 1.165) is 11.4 Å². The number of hydrogen-bond acceptors (Lipinski definition) is 4. The van der Waals surface area contributed by atoms with Crippen molar-refractivity contribution in [3.63, 3.8) is 0 Å².